The summed E-state index contributed by atoms with van der Waals surface area (Å²) in [5.41, 5.74) is 0.798. The average molecular weight is 333 g/mol. The van der Waals surface area contributed by atoms with Crippen LogP contribution >= 0.6 is 24.0 Å². The minimum absolute atomic E-state index is 0. The molecule has 0 radical (unpaired) electrons. The molecule has 0 amide bonds. The van der Waals surface area contributed by atoms with Gasteiger partial charge in [0.1, 0.15) is 5.82 Å². The predicted octanol–water partition coefficient (Wildman–Crippen LogP) is 4.04. The van der Waals surface area contributed by atoms with Crippen LogP contribution in [0.15, 0.2) is 18.2 Å². The van der Waals surface area contributed by atoms with Crippen LogP contribution in [0.2, 0.25) is 5.02 Å². The van der Waals surface area contributed by atoms with Gasteiger partial charge in [0.2, 0.25) is 0 Å². The SMILES string of the molecule is Cl.Fc1c(Cl)cccc1[C@H](C1CCCC1)N1CCNCC1. The van der Waals surface area contributed by atoms with E-state index in [-0.39, 0.29) is 29.3 Å². The average Bonchev–Trinajstić information content (AvgIpc) is 2.99. The Morgan fingerprint density at radius 3 is 2.52 bits per heavy atom. The summed E-state index contributed by atoms with van der Waals surface area (Å²) in [6.07, 6.45) is 4.96. The zero-order valence-electron chi connectivity index (χ0n) is 12.2. The Hall–Kier alpha value is -0.350. The second kappa shape index (κ2) is 7.77. The van der Waals surface area contributed by atoms with Crippen LogP contribution in [-0.4, -0.2) is 31.1 Å². The summed E-state index contributed by atoms with van der Waals surface area (Å²) in [4.78, 5) is 2.45. The van der Waals surface area contributed by atoms with Crippen LogP contribution in [0, 0.1) is 11.7 Å². The Bertz CT molecular complexity index is 458. The van der Waals surface area contributed by atoms with Gasteiger partial charge in [-0.2, -0.15) is 0 Å². The summed E-state index contributed by atoms with van der Waals surface area (Å²) in [5, 5.41) is 3.63. The summed E-state index contributed by atoms with van der Waals surface area (Å²) in [7, 11) is 0. The van der Waals surface area contributed by atoms with Crippen LogP contribution in [0.3, 0.4) is 0 Å². The lowest BCUT2D eigenvalue weighted by molar-refractivity contribution is 0.122. The second-order valence-electron chi connectivity index (χ2n) is 5.92. The Labute approximate surface area is 137 Å². The van der Waals surface area contributed by atoms with Crippen molar-refractivity contribution in [3.63, 3.8) is 0 Å². The number of rotatable bonds is 3. The molecule has 2 nitrogen and oxygen atoms in total. The minimum atomic E-state index is -0.218. The van der Waals surface area contributed by atoms with Crippen LogP contribution in [0.5, 0.6) is 0 Å². The molecular formula is C16H23Cl2FN2. The maximum absolute atomic E-state index is 14.5. The van der Waals surface area contributed by atoms with Gasteiger partial charge < -0.3 is 5.32 Å². The molecule has 1 aliphatic heterocycles. The van der Waals surface area contributed by atoms with E-state index in [0.29, 0.717) is 5.92 Å². The van der Waals surface area contributed by atoms with Crippen molar-refractivity contribution in [3.05, 3.63) is 34.6 Å². The van der Waals surface area contributed by atoms with E-state index >= 15 is 0 Å². The van der Waals surface area contributed by atoms with Crippen molar-refractivity contribution >= 4 is 24.0 Å². The Morgan fingerprint density at radius 2 is 1.86 bits per heavy atom. The van der Waals surface area contributed by atoms with E-state index in [2.05, 4.69) is 10.2 Å². The molecule has 1 aliphatic carbocycles. The van der Waals surface area contributed by atoms with E-state index in [4.69, 9.17) is 11.6 Å². The molecule has 1 aromatic carbocycles. The first-order valence-corrected chi connectivity index (χ1v) is 8.04. The molecule has 118 valence electrons. The first-order chi connectivity index (χ1) is 9.77. The number of hydrogen-bond acceptors (Lipinski definition) is 2. The smallest absolute Gasteiger partial charge is 0.146 e. The molecule has 1 atom stereocenters. The maximum atomic E-state index is 14.5. The topological polar surface area (TPSA) is 15.3 Å². The Balaban J connectivity index is 0.00000161. The normalized spacial score (nSPS) is 22.0. The van der Waals surface area contributed by atoms with Crippen molar-refractivity contribution in [2.45, 2.75) is 31.7 Å². The van der Waals surface area contributed by atoms with Crippen LogP contribution in [-0.2, 0) is 0 Å². The van der Waals surface area contributed by atoms with Gasteiger partial charge in [-0.1, -0.05) is 36.6 Å². The standard InChI is InChI=1S/C16H22ClFN2.ClH/c17-14-7-3-6-13(15(14)18)16(12-4-1-2-5-12)20-10-8-19-9-11-20;/h3,6-7,12,16,19H,1-2,4-5,8-11H2;1H/t16-;/m0./s1. The Morgan fingerprint density at radius 1 is 1.19 bits per heavy atom. The van der Waals surface area contributed by atoms with Crippen LogP contribution in [0.1, 0.15) is 37.3 Å². The van der Waals surface area contributed by atoms with Crippen LogP contribution < -0.4 is 5.32 Å². The van der Waals surface area contributed by atoms with E-state index in [1.54, 1.807) is 6.07 Å². The lowest BCUT2D eigenvalue weighted by atomic mass is 9.89. The van der Waals surface area contributed by atoms with Gasteiger partial charge in [0, 0.05) is 37.8 Å². The van der Waals surface area contributed by atoms with Crippen molar-refractivity contribution in [1.29, 1.82) is 0 Å². The van der Waals surface area contributed by atoms with Crippen molar-refractivity contribution in [2.24, 2.45) is 5.92 Å². The molecule has 1 N–H and O–H groups in total. The van der Waals surface area contributed by atoms with E-state index in [1.807, 2.05) is 12.1 Å². The molecular weight excluding hydrogens is 310 g/mol. The zero-order valence-corrected chi connectivity index (χ0v) is 13.7. The molecule has 3 rings (SSSR count). The van der Waals surface area contributed by atoms with Crippen molar-refractivity contribution in [3.8, 4) is 0 Å². The first-order valence-electron chi connectivity index (χ1n) is 7.66. The zero-order chi connectivity index (χ0) is 13.9. The molecule has 1 saturated carbocycles. The van der Waals surface area contributed by atoms with E-state index < -0.39 is 0 Å². The fourth-order valence-corrected chi connectivity index (χ4v) is 3.91. The molecule has 21 heavy (non-hydrogen) atoms. The highest BCUT2D eigenvalue weighted by Crippen LogP contribution is 2.41. The second-order valence-corrected chi connectivity index (χ2v) is 6.33. The van der Waals surface area contributed by atoms with Gasteiger partial charge in [-0.15, -0.1) is 12.4 Å². The number of nitrogens with zero attached hydrogens (tertiary/aromatic N) is 1. The van der Waals surface area contributed by atoms with Crippen molar-refractivity contribution in [1.82, 2.24) is 10.2 Å². The van der Waals surface area contributed by atoms with Gasteiger partial charge in [0.05, 0.1) is 5.02 Å². The van der Waals surface area contributed by atoms with Gasteiger partial charge >= 0.3 is 0 Å². The third-order valence-corrected chi connectivity index (χ3v) is 4.98. The molecule has 1 heterocycles. The Kier molecular flexibility index (Phi) is 6.30. The van der Waals surface area contributed by atoms with Gasteiger partial charge in [-0.25, -0.2) is 4.39 Å². The lowest BCUT2D eigenvalue weighted by Crippen LogP contribution is -2.46. The minimum Gasteiger partial charge on any atom is -0.314 e. The molecule has 1 aromatic rings. The highest BCUT2D eigenvalue weighted by atomic mass is 35.5. The first kappa shape index (κ1) is 17.0. The van der Waals surface area contributed by atoms with E-state index in [1.165, 1.54) is 25.7 Å². The quantitative estimate of drug-likeness (QED) is 0.898. The summed E-state index contributed by atoms with van der Waals surface area (Å²) in [6, 6.07) is 5.64. The monoisotopic (exact) mass is 332 g/mol. The number of nitrogens with one attached hydrogen (secondary N) is 1. The highest BCUT2D eigenvalue weighted by molar-refractivity contribution is 6.30. The molecule has 1 saturated heterocycles. The summed E-state index contributed by atoms with van der Waals surface area (Å²) in [6.45, 7) is 3.97. The summed E-state index contributed by atoms with van der Waals surface area (Å²) in [5.74, 6) is 0.352. The van der Waals surface area contributed by atoms with Gasteiger partial charge in [-0.3, -0.25) is 4.90 Å². The molecule has 0 unspecified atom stereocenters. The van der Waals surface area contributed by atoms with E-state index in [9.17, 15) is 4.39 Å². The predicted molar refractivity (Wildman–Crippen MR) is 87.8 cm³/mol. The molecule has 5 heteroatoms. The molecule has 0 aromatic heterocycles. The third-order valence-electron chi connectivity index (χ3n) is 4.69. The molecule has 2 aliphatic rings. The number of hydrogen-bond donors (Lipinski definition) is 1. The largest absolute Gasteiger partial charge is 0.314 e. The number of benzene rings is 1. The van der Waals surface area contributed by atoms with Crippen LogP contribution in [0.4, 0.5) is 4.39 Å². The summed E-state index contributed by atoms with van der Waals surface area (Å²) < 4.78 is 14.5. The van der Waals surface area contributed by atoms with Crippen molar-refractivity contribution in [2.75, 3.05) is 26.2 Å². The van der Waals surface area contributed by atoms with E-state index in [0.717, 1.165) is 31.7 Å². The third kappa shape index (κ3) is 3.70. The van der Waals surface area contributed by atoms with Gasteiger partial charge in [0.25, 0.3) is 0 Å². The molecule has 0 spiro atoms. The molecule has 0 bridgehead atoms. The highest BCUT2D eigenvalue weighted by Gasteiger charge is 2.33. The van der Waals surface area contributed by atoms with Crippen molar-refractivity contribution < 1.29 is 4.39 Å². The number of halogens is 3. The lowest BCUT2D eigenvalue weighted by Gasteiger charge is -2.38. The fourth-order valence-electron chi connectivity index (χ4n) is 3.73. The summed E-state index contributed by atoms with van der Waals surface area (Å²) >= 11 is 6.00. The fraction of sp³-hybridized carbons (Fsp3) is 0.625. The molecule has 2 fully saturated rings. The van der Waals surface area contributed by atoms with Gasteiger partial charge in [-0.05, 0) is 24.8 Å². The maximum Gasteiger partial charge on any atom is 0.146 e. The number of piperazine rings is 1. The van der Waals surface area contributed by atoms with Crippen LogP contribution in [0.25, 0.3) is 0 Å². The van der Waals surface area contributed by atoms with Gasteiger partial charge in [0.15, 0.2) is 0 Å².